The average molecular weight is 367 g/mol. The maximum absolute atomic E-state index is 10.5. The number of aryl methyl sites for hydroxylation is 1. The van der Waals surface area contributed by atoms with Gasteiger partial charge in [-0.1, -0.05) is 30.3 Å². The molecule has 144 valence electrons. The third-order valence-corrected chi connectivity index (χ3v) is 5.62. The summed E-state index contributed by atoms with van der Waals surface area (Å²) in [5, 5.41) is 10.5. The van der Waals surface area contributed by atoms with Crippen molar-refractivity contribution in [1.29, 1.82) is 0 Å². The molecule has 2 aliphatic rings. The summed E-state index contributed by atoms with van der Waals surface area (Å²) in [6.07, 6.45) is 4.87. The fourth-order valence-corrected chi connectivity index (χ4v) is 4.16. The van der Waals surface area contributed by atoms with Crippen LogP contribution < -0.4 is 4.90 Å². The zero-order valence-electron chi connectivity index (χ0n) is 15.8. The van der Waals surface area contributed by atoms with Crippen LogP contribution in [0.2, 0.25) is 0 Å². The van der Waals surface area contributed by atoms with E-state index in [4.69, 9.17) is 4.74 Å². The first-order valence-electron chi connectivity index (χ1n) is 10.1. The maximum Gasteiger partial charge on any atom is 0.128 e. The molecule has 4 rings (SSSR count). The molecule has 5 heteroatoms. The van der Waals surface area contributed by atoms with Crippen LogP contribution in [0.5, 0.6) is 0 Å². The number of aliphatic hydroxyl groups is 1. The number of aliphatic hydroxyl groups excluding tert-OH is 1. The molecule has 0 unspecified atom stereocenters. The lowest BCUT2D eigenvalue weighted by Gasteiger charge is -2.36. The summed E-state index contributed by atoms with van der Waals surface area (Å²) in [6.45, 7) is 4.85. The standard InChI is InChI=1S/C22H29N3O2/c26-19(17-27-21-9-5-7-18-6-1-2-8-20(18)21)16-24-12-14-25(15-13-24)22-10-3-4-11-23-22/h1-4,6,8,10-11,19,21,26H,5,7,9,12-17H2/t19-,21+/m1/s1. The number of benzene rings is 1. The summed E-state index contributed by atoms with van der Waals surface area (Å²) in [4.78, 5) is 9.05. The third kappa shape index (κ3) is 4.67. The Bertz CT molecular complexity index is 717. The van der Waals surface area contributed by atoms with E-state index in [0.29, 0.717) is 13.2 Å². The molecule has 2 heterocycles. The van der Waals surface area contributed by atoms with Crippen LogP contribution in [0.3, 0.4) is 0 Å². The molecular formula is C22H29N3O2. The first kappa shape index (κ1) is 18.4. The van der Waals surface area contributed by atoms with Crippen molar-refractivity contribution in [3.63, 3.8) is 0 Å². The minimum absolute atomic E-state index is 0.130. The first-order valence-corrected chi connectivity index (χ1v) is 10.1. The summed E-state index contributed by atoms with van der Waals surface area (Å²) >= 11 is 0. The highest BCUT2D eigenvalue weighted by Gasteiger charge is 2.23. The van der Waals surface area contributed by atoms with E-state index in [9.17, 15) is 5.11 Å². The van der Waals surface area contributed by atoms with E-state index in [0.717, 1.165) is 51.3 Å². The van der Waals surface area contributed by atoms with Gasteiger partial charge in [-0.25, -0.2) is 4.98 Å². The Morgan fingerprint density at radius 2 is 1.89 bits per heavy atom. The summed E-state index contributed by atoms with van der Waals surface area (Å²) in [6, 6.07) is 14.6. The molecule has 1 aliphatic heterocycles. The van der Waals surface area contributed by atoms with E-state index in [2.05, 4.69) is 45.1 Å². The molecule has 5 nitrogen and oxygen atoms in total. The average Bonchev–Trinajstić information content (AvgIpc) is 2.73. The third-order valence-electron chi connectivity index (χ3n) is 5.62. The Balaban J connectivity index is 1.22. The van der Waals surface area contributed by atoms with E-state index in [-0.39, 0.29) is 6.10 Å². The Morgan fingerprint density at radius 3 is 2.70 bits per heavy atom. The van der Waals surface area contributed by atoms with Gasteiger partial charge in [0, 0.05) is 38.9 Å². The van der Waals surface area contributed by atoms with Gasteiger partial charge in [-0.15, -0.1) is 0 Å². The zero-order chi connectivity index (χ0) is 18.5. The van der Waals surface area contributed by atoms with Crippen molar-refractivity contribution in [2.75, 3.05) is 44.2 Å². The van der Waals surface area contributed by atoms with Gasteiger partial charge < -0.3 is 14.7 Å². The first-order chi connectivity index (χ1) is 13.3. The summed E-state index contributed by atoms with van der Waals surface area (Å²) in [5.74, 6) is 1.04. The second kappa shape index (κ2) is 8.83. The molecule has 27 heavy (non-hydrogen) atoms. The smallest absolute Gasteiger partial charge is 0.128 e. The van der Waals surface area contributed by atoms with Gasteiger partial charge in [0.25, 0.3) is 0 Å². The molecule has 2 atom stereocenters. The SMILES string of the molecule is O[C@@H](CO[C@H]1CCCc2ccccc21)CN1CCN(c2ccccn2)CC1. The minimum atomic E-state index is -0.444. The number of ether oxygens (including phenoxy) is 1. The molecule has 0 bridgehead atoms. The number of fused-ring (bicyclic) bond motifs is 1. The Hall–Kier alpha value is -1.95. The van der Waals surface area contributed by atoms with Crippen LogP contribution in [-0.2, 0) is 11.2 Å². The quantitative estimate of drug-likeness (QED) is 0.851. The lowest BCUT2D eigenvalue weighted by molar-refractivity contribution is -0.0285. The van der Waals surface area contributed by atoms with E-state index in [1.165, 1.54) is 11.1 Å². The van der Waals surface area contributed by atoms with Gasteiger partial charge in [0.1, 0.15) is 5.82 Å². The number of piperazine rings is 1. The second-order valence-corrected chi connectivity index (χ2v) is 7.54. The highest BCUT2D eigenvalue weighted by atomic mass is 16.5. The van der Waals surface area contributed by atoms with E-state index in [1.807, 2.05) is 18.3 Å². The topological polar surface area (TPSA) is 48.8 Å². The number of nitrogens with zero attached hydrogens (tertiary/aromatic N) is 3. The molecular weight excluding hydrogens is 338 g/mol. The summed E-state index contributed by atoms with van der Waals surface area (Å²) < 4.78 is 6.11. The van der Waals surface area contributed by atoms with Crippen LogP contribution in [0.4, 0.5) is 5.82 Å². The number of β-amino-alcohol motifs (C(OH)–C–C–N with tert-alkyl or cyclic N) is 1. The number of hydrogen-bond acceptors (Lipinski definition) is 5. The van der Waals surface area contributed by atoms with Crippen molar-refractivity contribution in [2.24, 2.45) is 0 Å². The van der Waals surface area contributed by atoms with Crippen molar-refractivity contribution in [1.82, 2.24) is 9.88 Å². The van der Waals surface area contributed by atoms with Gasteiger partial charge in [0.2, 0.25) is 0 Å². The predicted octanol–water partition coefficient (Wildman–Crippen LogP) is 2.66. The molecule has 0 amide bonds. The monoisotopic (exact) mass is 367 g/mol. The molecule has 0 spiro atoms. The van der Waals surface area contributed by atoms with Crippen molar-refractivity contribution < 1.29 is 9.84 Å². The molecule has 1 aliphatic carbocycles. The van der Waals surface area contributed by atoms with Crippen molar-refractivity contribution in [3.8, 4) is 0 Å². The normalized spacial score (nSPS) is 21.7. The summed E-state index contributed by atoms with van der Waals surface area (Å²) in [7, 11) is 0. The molecule has 1 saturated heterocycles. The van der Waals surface area contributed by atoms with Gasteiger partial charge in [0.15, 0.2) is 0 Å². The summed E-state index contributed by atoms with van der Waals surface area (Å²) in [5.41, 5.74) is 2.70. The zero-order valence-corrected chi connectivity index (χ0v) is 15.8. The number of hydrogen-bond donors (Lipinski definition) is 1. The van der Waals surface area contributed by atoms with Gasteiger partial charge in [0.05, 0.1) is 18.8 Å². The van der Waals surface area contributed by atoms with Crippen LogP contribution in [0.15, 0.2) is 48.7 Å². The van der Waals surface area contributed by atoms with Gasteiger partial charge in [-0.05, 0) is 42.5 Å². The van der Waals surface area contributed by atoms with Crippen molar-refractivity contribution >= 4 is 5.82 Å². The van der Waals surface area contributed by atoms with E-state index >= 15 is 0 Å². The molecule has 2 aromatic rings. The number of rotatable bonds is 6. The Kier molecular flexibility index (Phi) is 6.02. The van der Waals surface area contributed by atoms with Crippen LogP contribution in [-0.4, -0.2) is 60.4 Å². The Labute approximate surface area is 161 Å². The largest absolute Gasteiger partial charge is 0.389 e. The highest BCUT2D eigenvalue weighted by Crippen LogP contribution is 2.32. The molecule has 1 fully saturated rings. The number of aromatic nitrogens is 1. The van der Waals surface area contributed by atoms with Crippen LogP contribution in [0.1, 0.15) is 30.1 Å². The minimum Gasteiger partial charge on any atom is -0.389 e. The maximum atomic E-state index is 10.5. The number of anilines is 1. The lowest BCUT2D eigenvalue weighted by atomic mass is 9.89. The van der Waals surface area contributed by atoms with Gasteiger partial charge in [-0.3, -0.25) is 4.90 Å². The van der Waals surface area contributed by atoms with Crippen LogP contribution in [0, 0.1) is 0 Å². The molecule has 1 aromatic carbocycles. The van der Waals surface area contributed by atoms with E-state index in [1.54, 1.807) is 0 Å². The van der Waals surface area contributed by atoms with Crippen molar-refractivity contribution in [2.45, 2.75) is 31.5 Å². The number of pyridine rings is 1. The molecule has 0 radical (unpaired) electrons. The van der Waals surface area contributed by atoms with Crippen LogP contribution in [0.25, 0.3) is 0 Å². The van der Waals surface area contributed by atoms with E-state index < -0.39 is 6.10 Å². The second-order valence-electron chi connectivity index (χ2n) is 7.54. The molecule has 1 aromatic heterocycles. The highest BCUT2D eigenvalue weighted by molar-refractivity contribution is 5.38. The fourth-order valence-electron chi connectivity index (χ4n) is 4.16. The van der Waals surface area contributed by atoms with Crippen molar-refractivity contribution in [3.05, 3.63) is 59.8 Å². The molecule has 1 N–H and O–H groups in total. The lowest BCUT2D eigenvalue weighted by Crippen LogP contribution is -2.49. The Morgan fingerprint density at radius 1 is 1.07 bits per heavy atom. The fraction of sp³-hybridized carbons (Fsp3) is 0.500. The predicted molar refractivity (Wildman–Crippen MR) is 107 cm³/mol. The van der Waals surface area contributed by atoms with Gasteiger partial charge >= 0.3 is 0 Å². The van der Waals surface area contributed by atoms with Crippen LogP contribution >= 0.6 is 0 Å². The van der Waals surface area contributed by atoms with Gasteiger partial charge in [-0.2, -0.15) is 0 Å². The molecule has 0 saturated carbocycles.